The maximum atomic E-state index is 12.9. The predicted molar refractivity (Wildman–Crippen MR) is 111 cm³/mol. The summed E-state index contributed by atoms with van der Waals surface area (Å²) >= 11 is 0. The number of halogens is 3. The van der Waals surface area contributed by atoms with E-state index in [0.717, 1.165) is 12.1 Å². The van der Waals surface area contributed by atoms with Crippen molar-refractivity contribution in [3.63, 3.8) is 0 Å². The first-order valence-electron chi connectivity index (χ1n) is 10.9. The summed E-state index contributed by atoms with van der Waals surface area (Å²) in [5.74, 6) is -0.0480. The van der Waals surface area contributed by atoms with Gasteiger partial charge in [-0.3, -0.25) is 4.79 Å². The summed E-state index contributed by atoms with van der Waals surface area (Å²) < 4.78 is 67.4. The van der Waals surface area contributed by atoms with Crippen LogP contribution in [0.4, 0.5) is 18.0 Å². The number of hydrogen-bond donors (Lipinski definition) is 1. The zero-order valence-electron chi connectivity index (χ0n) is 17.9. The SMILES string of the molecule is O=C1CO[C@H]2CCN(C(=O)N3CCC(Cc4cccc(S(=O)(=O)C(F)(F)F)c4)CC3)C[C@H]2N1. The van der Waals surface area contributed by atoms with Crippen molar-refractivity contribution < 1.29 is 35.9 Å². The minimum atomic E-state index is -5.38. The number of alkyl halides is 3. The lowest BCUT2D eigenvalue weighted by molar-refractivity contribution is -0.139. The number of likely N-dealkylation sites (tertiary alicyclic amines) is 2. The molecule has 0 aromatic heterocycles. The number of fused-ring (bicyclic) bond motifs is 1. The van der Waals surface area contributed by atoms with Gasteiger partial charge in [-0.2, -0.15) is 13.2 Å². The topological polar surface area (TPSA) is 96.0 Å². The second-order valence-electron chi connectivity index (χ2n) is 8.77. The fraction of sp³-hybridized carbons (Fsp3) is 0.619. The van der Waals surface area contributed by atoms with Gasteiger partial charge >= 0.3 is 11.5 Å². The van der Waals surface area contributed by atoms with Gasteiger partial charge in [-0.05, 0) is 49.3 Å². The number of urea groups is 1. The molecule has 3 amide bonds. The van der Waals surface area contributed by atoms with Crippen LogP contribution in [-0.4, -0.2) is 80.6 Å². The van der Waals surface area contributed by atoms with Gasteiger partial charge in [0.15, 0.2) is 0 Å². The molecule has 0 aliphatic carbocycles. The first-order chi connectivity index (χ1) is 15.5. The largest absolute Gasteiger partial charge is 0.501 e. The number of hydrogen-bond acceptors (Lipinski definition) is 5. The van der Waals surface area contributed by atoms with E-state index in [0.29, 0.717) is 57.4 Å². The fourth-order valence-electron chi connectivity index (χ4n) is 4.71. The Bertz CT molecular complexity index is 1010. The number of nitrogens with one attached hydrogen (secondary N) is 1. The number of benzene rings is 1. The van der Waals surface area contributed by atoms with Crippen LogP contribution in [0.3, 0.4) is 0 Å². The molecule has 3 fully saturated rings. The van der Waals surface area contributed by atoms with Crippen molar-refractivity contribution in [2.24, 2.45) is 5.92 Å². The van der Waals surface area contributed by atoms with Gasteiger partial charge in [-0.25, -0.2) is 13.2 Å². The normalized spacial score (nSPS) is 24.9. The third-order valence-corrected chi connectivity index (χ3v) is 8.00. The molecule has 3 aliphatic rings. The third-order valence-electron chi connectivity index (χ3n) is 6.52. The van der Waals surface area contributed by atoms with Crippen LogP contribution in [0.15, 0.2) is 29.2 Å². The maximum Gasteiger partial charge on any atom is 0.501 e. The first-order valence-corrected chi connectivity index (χ1v) is 12.4. The van der Waals surface area contributed by atoms with Crippen molar-refractivity contribution in [3.8, 4) is 0 Å². The van der Waals surface area contributed by atoms with Crippen molar-refractivity contribution in [2.75, 3.05) is 32.8 Å². The standard InChI is InChI=1S/C21H26F3N3O5S/c22-21(23,24)33(30,31)16-3-1-2-15(11-16)10-14-4-7-26(8-5-14)20(29)27-9-6-18-17(12-27)25-19(28)13-32-18/h1-3,11,14,17-18H,4-10,12-13H2,(H,25,28)/t17-,18+/m1/s1. The molecule has 8 nitrogen and oxygen atoms in total. The van der Waals surface area contributed by atoms with Gasteiger partial charge < -0.3 is 19.9 Å². The Morgan fingerprint density at radius 2 is 1.82 bits per heavy atom. The lowest BCUT2D eigenvalue weighted by Gasteiger charge is -2.43. The number of sulfone groups is 1. The summed E-state index contributed by atoms with van der Waals surface area (Å²) in [6.45, 7) is 2.02. The van der Waals surface area contributed by atoms with Gasteiger partial charge in [0.2, 0.25) is 5.91 Å². The lowest BCUT2D eigenvalue weighted by atomic mass is 9.90. The number of amides is 3. The maximum absolute atomic E-state index is 12.9. The molecule has 3 saturated heterocycles. The Labute approximate surface area is 190 Å². The molecule has 0 bridgehead atoms. The smallest absolute Gasteiger partial charge is 0.366 e. The van der Waals surface area contributed by atoms with E-state index in [1.165, 1.54) is 6.07 Å². The summed E-state index contributed by atoms with van der Waals surface area (Å²) in [7, 11) is -5.38. The quantitative estimate of drug-likeness (QED) is 0.700. The van der Waals surface area contributed by atoms with Crippen molar-refractivity contribution in [1.29, 1.82) is 0 Å². The van der Waals surface area contributed by atoms with E-state index < -0.39 is 20.2 Å². The number of ether oxygens (including phenoxy) is 1. The van der Waals surface area contributed by atoms with E-state index in [1.54, 1.807) is 15.9 Å². The Balaban J connectivity index is 1.31. The summed E-state index contributed by atoms with van der Waals surface area (Å²) in [4.78, 5) is 27.2. The summed E-state index contributed by atoms with van der Waals surface area (Å²) in [5, 5.41) is 2.88. The molecule has 0 spiro atoms. The van der Waals surface area contributed by atoms with Crippen LogP contribution in [0.5, 0.6) is 0 Å². The summed E-state index contributed by atoms with van der Waals surface area (Å²) in [6, 6.07) is 4.69. The molecule has 2 atom stereocenters. The number of carbonyl (C=O) groups excluding carboxylic acids is 2. The fourth-order valence-corrected chi connectivity index (χ4v) is 5.54. The van der Waals surface area contributed by atoms with E-state index >= 15 is 0 Å². The van der Waals surface area contributed by atoms with Gasteiger partial charge in [-0.1, -0.05) is 12.1 Å². The minimum absolute atomic E-state index is 0.0493. The molecule has 0 unspecified atom stereocenters. The zero-order valence-corrected chi connectivity index (χ0v) is 18.7. The lowest BCUT2D eigenvalue weighted by Crippen LogP contribution is -2.62. The van der Waals surface area contributed by atoms with E-state index in [4.69, 9.17) is 4.74 Å². The molecule has 182 valence electrons. The number of carbonyl (C=O) groups is 2. The van der Waals surface area contributed by atoms with Gasteiger partial charge in [0.25, 0.3) is 9.84 Å². The molecule has 4 rings (SSSR count). The second kappa shape index (κ2) is 9.13. The predicted octanol–water partition coefficient (Wildman–Crippen LogP) is 1.94. The molecule has 33 heavy (non-hydrogen) atoms. The summed E-state index contributed by atoms with van der Waals surface area (Å²) in [6.07, 6.45) is 2.36. The van der Waals surface area contributed by atoms with Crippen LogP contribution < -0.4 is 5.32 Å². The first kappa shape index (κ1) is 23.8. The monoisotopic (exact) mass is 489 g/mol. The van der Waals surface area contributed by atoms with Crippen LogP contribution >= 0.6 is 0 Å². The molecule has 1 aromatic rings. The average molecular weight is 490 g/mol. The van der Waals surface area contributed by atoms with Gasteiger partial charge in [0.05, 0.1) is 17.0 Å². The van der Waals surface area contributed by atoms with E-state index in [9.17, 15) is 31.2 Å². The van der Waals surface area contributed by atoms with E-state index in [-0.39, 0.29) is 36.6 Å². The Morgan fingerprint density at radius 3 is 2.52 bits per heavy atom. The number of nitrogens with zero attached hydrogens (tertiary/aromatic N) is 2. The molecule has 12 heteroatoms. The Kier molecular flexibility index (Phi) is 6.59. The molecular weight excluding hydrogens is 463 g/mol. The zero-order chi connectivity index (χ0) is 23.8. The number of morpholine rings is 1. The number of rotatable bonds is 3. The Morgan fingerprint density at radius 1 is 1.12 bits per heavy atom. The van der Waals surface area contributed by atoms with E-state index in [1.807, 2.05) is 0 Å². The third kappa shape index (κ3) is 5.11. The van der Waals surface area contributed by atoms with Gasteiger partial charge in [-0.15, -0.1) is 0 Å². The molecule has 3 heterocycles. The molecule has 1 aromatic carbocycles. The number of piperidine rings is 2. The highest BCUT2D eigenvalue weighted by Gasteiger charge is 2.47. The molecular formula is C21H26F3N3O5S. The highest BCUT2D eigenvalue weighted by Crippen LogP contribution is 2.31. The van der Waals surface area contributed by atoms with Gasteiger partial charge in [0, 0.05) is 26.2 Å². The van der Waals surface area contributed by atoms with E-state index in [2.05, 4.69) is 5.32 Å². The molecule has 0 radical (unpaired) electrons. The van der Waals surface area contributed by atoms with Crippen LogP contribution in [0.1, 0.15) is 24.8 Å². The Hall–Kier alpha value is -2.34. The second-order valence-corrected chi connectivity index (χ2v) is 10.7. The van der Waals surface area contributed by atoms with Crippen molar-refractivity contribution in [3.05, 3.63) is 29.8 Å². The minimum Gasteiger partial charge on any atom is -0.366 e. The molecule has 3 aliphatic heterocycles. The molecule has 1 N–H and O–H groups in total. The summed E-state index contributed by atoms with van der Waals surface area (Å²) in [5.41, 5.74) is -4.81. The highest BCUT2D eigenvalue weighted by molar-refractivity contribution is 7.92. The van der Waals surface area contributed by atoms with Crippen molar-refractivity contribution >= 4 is 21.8 Å². The van der Waals surface area contributed by atoms with Crippen LogP contribution in [0.2, 0.25) is 0 Å². The average Bonchev–Trinajstić information content (AvgIpc) is 2.78. The van der Waals surface area contributed by atoms with Crippen LogP contribution in [-0.2, 0) is 25.8 Å². The van der Waals surface area contributed by atoms with Gasteiger partial charge in [0.1, 0.15) is 6.61 Å². The van der Waals surface area contributed by atoms with Crippen molar-refractivity contribution in [1.82, 2.24) is 15.1 Å². The molecule has 0 saturated carbocycles. The van der Waals surface area contributed by atoms with Crippen LogP contribution in [0.25, 0.3) is 0 Å². The van der Waals surface area contributed by atoms with Crippen LogP contribution in [0, 0.1) is 5.92 Å². The van der Waals surface area contributed by atoms with Crippen molar-refractivity contribution in [2.45, 2.75) is 48.2 Å². The highest BCUT2D eigenvalue weighted by atomic mass is 32.2.